The van der Waals surface area contributed by atoms with Gasteiger partial charge in [-0.15, -0.1) is 12.4 Å². The van der Waals surface area contributed by atoms with E-state index in [4.69, 9.17) is 5.73 Å². The number of nitrogens with one attached hydrogen (secondary N) is 1. The predicted octanol–water partition coefficient (Wildman–Crippen LogP) is 2.03. The number of carbonyl (C=O) groups excluding carboxylic acids is 1. The standard InChI is InChI=1S/C16H30N2O3S.ClH/c1-11(2)15(16(19)18-14(10-17)12-8-9-12)22(20,21)13-6-4-3-5-7-13;/h11-15H,3-10,17H2,1-2H3,(H,18,19);1H. The summed E-state index contributed by atoms with van der Waals surface area (Å²) < 4.78 is 25.9. The van der Waals surface area contributed by atoms with Gasteiger partial charge in [0.1, 0.15) is 5.25 Å². The van der Waals surface area contributed by atoms with Crippen LogP contribution in [0.1, 0.15) is 58.8 Å². The van der Waals surface area contributed by atoms with Gasteiger partial charge in [-0.3, -0.25) is 4.79 Å². The lowest BCUT2D eigenvalue weighted by Gasteiger charge is -2.29. The zero-order chi connectivity index (χ0) is 16.3. The summed E-state index contributed by atoms with van der Waals surface area (Å²) in [7, 11) is -3.43. The number of carbonyl (C=O) groups is 1. The van der Waals surface area contributed by atoms with Crippen LogP contribution in [0.2, 0.25) is 0 Å². The van der Waals surface area contributed by atoms with E-state index in [2.05, 4.69) is 5.32 Å². The fourth-order valence-electron chi connectivity index (χ4n) is 3.56. The van der Waals surface area contributed by atoms with Crippen molar-refractivity contribution in [1.29, 1.82) is 0 Å². The molecule has 5 nitrogen and oxygen atoms in total. The lowest BCUT2D eigenvalue weighted by Crippen LogP contribution is -2.52. The minimum atomic E-state index is -3.43. The van der Waals surface area contributed by atoms with Crippen molar-refractivity contribution >= 4 is 28.2 Å². The van der Waals surface area contributed by atoms with E-state index in [0.29, 0.717) is 25.3 Å². The first-order valence-corrected chi connectivity index (χ1v) is 10.2. The van der Waals surface area contributed by atoms with Gasteiger partial charge in [-0.25, -0.2) is 8.42 Å². The number of rotatable bonds is 7. The molecule has 0 saturated heterocycles. The molecule has 2 unspecified atom stereocenters. The van der Waals surface area contributed by atoms with Crippen molar-refractivity contribution in [3.8, 4) is 0 Å². The average molecular weight is 367 g/mol. The number of hydrogen-bond acceptors (Lipinski definition) is 4. The van der Waals surface area contributed by atoms with Crippen LogP contribution in [0.15, 0.2) is 0 Å². The maximum Gasteiger partial charge on any atom is 0.238 e. The third kappa shape index (κ3) is 5.07. The second-order valence-electron chi connectivity index (χ2n) is 7.20. The van der Waals surface area contributed by atoms with Crippen LogP contribution in [0.4, 0.5) is 0 Å². The van der Waals surface area contributed by atoms with Crippen LogP contribution < -0.4 is 11.1 Å². The van der Waals surface area contributed by atoms with Gasteiger partial charge in [-0.05, 0) is 37.5 Å². The highest BCUT2D eigenvalue weighted by Crippen LogP contribution is 2.33. The summed E-state index contributed by atoms with van der Waals surface area (Å²) in [6.07, 6.45) is 6.53. The zero-order valence-electron chi connectivity index (χ0n) is 14.2. The van der Waals surface area contributed by atoms with Crippen molar-refractivity contribution in [3.63, 3.8) is 0 Å². The first-order valence-electron chi connectivity index (χ1n) is 8.61. The maximum atomic E-state index is 12.9. The molecule has 7 heteroatoms. The van der Waals surface area contributed by atoms with Crippen molar-refractivity contribution in [2.45, 2.75) is 75.3 Å². The molecule has 136 valence electrons. The fourth-order valence-corrected chi connectivity index (χ4v) is 6.10. The summed E-state index contributed by atoms with van der Waals surface area (Å²) in [5, 5.41) is 1.62. The topological polar surface area (TPSA) is 89.3 Å². The Bertz CT molecular complexity index is 486. The molecule has 0 aromatic carbocycles. The first-order chi connectivity index (χ1) is 10.4. The van der Waals surface area contributed by atoms with E-state index in [0.717, 1.165) is 32.1 Å². The SMILES string of the molecule is CC(C)C(C(=O)NC(CN)C1CC1)S(=O)(=O)C1CCCCC1.Cl. The Kier molecular flexibility index (Phi) is 7.81. The largest absolute Gasteiger partial charge is 0.351 e. The Balaban J connectivity index is 0.00000264. The van der Waals surface area contributed by atoms with E-state index in [1.807, 2.05) is 13.8 Å². The van der Waals surface area contributed by atoms with Crippen molar-refractivity contribution in [3.05, 3.63) is 0 Å². The van der Waals surface area contributed by atoms with Gasteiger partial charge in [0.05, 0.1) is 5.25 Å². The van der Waals surface area contributed by atoms with E-state index in [-0.39, 0.29) is 35.5 Å². The van der Waals surface area contributed by atoms with Crippen LogP contribution in [0.25, 0.3) is 0 Å². The third-order valence-corrected chi connectivity index (χ3v) is 7.87. The molecular formula is C16H31ClN2O3S. The van der Waals surface area contributed by atoms with Crippen LogP contribution in [0, 0.1) is 11.8 Å². The normalized spacial score (nSPS) is 22.3. The summed E-state index contributed by atoms with van der Waals surface area (Å²) in [6, 6.07) is -0.0738. The van der Waals surface area contributed by atoms with Gasteiger partial charge in [0, 0.05) is 12.6 Å². The second-order valence-corrected chi connectivity index (χ2v) is 9.55. The lowest BCUT2D eigenvalue weighted by atomic mass is 10.0. The van der Waals surface area contributed by atoms with Crippen molar-refractivity contribution in [2.75, 3.05) is 6.54 Å². The molecule has 0 aromatic heterocycles. The number of nitrogens with two attached hydrogens (primary N) is 1. The molecular weight excluding hydrogens is 336 g/mol. The highest BCUT2D eigenvalue weighted by molar-refractivity contribution is 7.93. The van der Waals surface area contributed by atoms with Gasteiger partial charge in [-0.1, -0.05) is 33.1 Å². The van der Waals surface area contributed by atoms with Crippen LogP contribution in [-0.2, 0) is 14.6 Å². The monoisotopic (exact) mass is 366 g/mol. The van der Waals surface area contributed by atoms with Gasteiger partial charge < -0.3 is 11.1 Å². The Hall–Kier alpha value is -0.330. The number of sulfone groups is 1. The van der Waals surface area contributed by atoms with E-state index in [1.54, 1.807) is 0 Å². The van der Waals surface area contributed by atoms with Crippen molar-refractivity contribution < 1.29 is 13.2 Å². The molecule has 2 fully saturated rings. The smallest absolute Gasteiger partial charge is 0.238 e. The van der Waals surface area contributed by atoms with Crippen molar-refractivity contribution in [1.82, 2.24) is 5.32 Å². The van der Waals surface area contributed by atoms with Gasteiger partial charge in [0.15, 0.2) is 9.84 Å². The number of halogens is 1. The molecule has 2 saturated carbocycles. The number of hydrogen-bond donors (Lipinski definition) is 2. The highest BCUT2D eigenvalue weighted by atomic mass is 35.5. The average Bonchev–Trinajstić information content (AvgIpc) is 3.29. The molecule has 2 aliphatic carbocycles. The van der Waals surface area contributed by atoms with E-state index in [9.17, 15) is 13.2 Å². The van der Waals surface area contributed by atoms with Gasteiger partial charge in [-0.2, -0.15) is 0 Å². The molecule has 0 heterocycles. The maximum absolute atomic E-state index is 12.9. The molecule has 0 aromatic rings. The Morgan fingerprint density at radius 1 is 1.13 bits per heavy atom. The van der Waals surface area contributed by atoms with E-state index < -0.39 is 15.1 Å². The summed E-state index contributed by atoms with van der Waals surface area (Å²) in [4.78, 5) is 12.6. The predicted molar refractivity (Wildman–Crippen MR) is 95.4 cm³/mol. The Labute approximate surface area is 146 Å². The molecule has 3 N–H and O–H groups in total. The molecule has 2 rings (SSSR count). The number of amides is 1. The molecule has 0 aliphatic heterocycles. The Morgan fingerprint density at radius 2 is 1.70 bits per heavy atom. The zero-order valence-corrected chi connectivity index (χ0v) is 15.8. The van der Waals surface area contributed by atoms with Gasteiger partial charge >= 0.3 is 0 Å². The summed E-state index contributed by atoms with van der Waals surface area (Å²) >= 11 is 0. The van der Waals surface area contributed by atoms with Crippen LogP contribution >= 0.6 is 12.4 Å². The first kappa shape index (κ1) is 20.7. The molecule has 0 radical (unpaired) electrons. The minimum absolute atomic E-state index is 0. The van der Waals surface area contributed by atoms with E-state index in [1.165, 1.54) is 0 Å². The molecule has 2 aliphatic rings. The van der Waals surface area contributed by atoms with E-state index >= 15 is 0 Å². The molecule has 23 heavy (non-hydrogen) atoms. The minimum Gasteiger partial charge on any atom is -0.351 e. The summed E-state index contributed by atoms with van der Waals surface area (Å²) in [6.45, 7) is 4.02. The molecule has 0 bridgehead atoms. The third-order valence-electron chi connectivity index (χ3n) is 5.01. The molecule has 0 spiro atoms. The molecule has 2 atom stereocenters. The van der Waals surface area contributed by atoms with Gasteiger partial charge in [0.25, 0.3) is 0 Å². The second kappa shape index (κ2) is 8.67. The summed E-state index contributed by atoms with van der Waals surface area (Å²) in [5.41, 5.74) is 5.73. The van der Waals surface area contributed by atoms with Crippen molar-refractivity contribution in [2.24, 2.45) is 17.6 Å². The Morgan fingerprint density at radius 3 is 2.13 bits per heavy atom. The van der Waals surface area contributed by atoms with Crippen LogP contribution in [0.3, 0.4) is 0 Å². The highest BCUT2D eigenvalue weighted by Gasteiger charge is 2.42. The summed E-state index contributed by atoms with van der Waals surface area (Å²) in [5.74, 6) is -0.133. The lowest BCUT2D eigenvalue weighted by molar-refractivity contribution is -0.122. The quantitative estimate of drug-likeness (QED) is 0.721. The van der Waals surface area contributed by atoms with Crippen LogP contribution in [0.5, 0.6) is 0 Å². The van der Waals surface area contributed by atoms with Crippen LogP contribution in [-0.4, -0.2) is 37.4 Å². The molecule has 1 amide bonds. The van der Waals surface area contributed by atoms with Gasteiger partial charge in [0.2, 0.25) is 5.91 Å². The fraction of sp³-hybridized carbons (Fsp3) is 0.938.